The van der Waals surface area contributed by atoms with E-state index in [1.54, 1.807) is 0 Å². The van der Waals surface area contributed by atoms with Crippen LogP contribution < -0.4 is 9.47 Å². The van der Waals surface area contributed by atoms with Crippen molar-refractivity contribution in [1.82, 2.24) is 0 Å². The van der Waals surface area contributed by atoms with Crippen LogP contribution >= 0.6 is 0 Å². The molecule has 112 valence electrons. The lowest BCUT2D eigenvalue weighted by molar-refractivity contribution is 0.403. The molecule has 0 atom stereocenters. The summed E-state index contributed by atoms with van der Waals surface area (Å²) in [6, 6.07) is 7.63. The number of ether oxygens (including phenoxy) is 2. The summed E-state index contributed by atoms with van der Waals surface area (Å²) < 4.78 is 34.7. The number of hydrogen-bond donors (Lipinski definition) is 2. The molecule has 0 aliphatic carbocycles. The molecule has 0 unspecified atom stereocenters. The summed E-state index contributed by atoms with van der Waals surface area (Å²) in [7, 11) is -1.26. The molecular weight excluding hydrogens is 296 g/mol. The van der Waals surface area contributed by atoms with Crippen molar-refractivity contribution in [3.8, 4) is 23.0 Å². The summed E-state index contributed by atoms with van der Waals surface area (Å²) in [6.45, 7) is 0. The van der Waals surface area contributed by atoms with Crippen molar-refractivity contribution in [1.29, 1.82) is 0 Å². The van der Waals surface area contributed by atoms with Crippen LogP contribution in [-0.2, 0) is 9.84 Å². The Balaban J connectivity index is 2.57. The average molecular weight is 310 g/mol. The normalized spacial score (nSPS) is 11.1. The Morgan fingerprint density at radius 2 is 1.19 bits per heavy atom. The van der Waals surface area contributed by atoms with Gasteiger partial charge in [0.1, 0.15) is 32.8 Å². The summed E-state index contributed by atoms with van der Waals surface area (Å²) in [5, 5.41) is 19.7. The maximum atomic E-state index is 12.5. The standard InChI is InChI=1S/C14H14O6S/c1-19-9-3-5-13(11(15)7-9)21(17,18)14-6-4-10(20-2)8-12(14)16/h3-8,15-16H,1-2H3. The van der Waals surface area contributed by atoms with Crippen LogP contribution in [0.3, 0.4) is 0 Å². The molecule has 2 rings (SSSR count). The molecular formula is C14H14O6S. The Bertz CT molecular complexity index is 708. The van der Waals surface area contributed by atoms with Gasteiger partial charge < -0.3 is 19.7 Å². The lowest BCUT2D eigenvalue weighted by Crippen LogP contribution is -2.03. The van der Waals surface area contributed by atoms with Gasteiger partial charge in [-0.1, -0.05) is 0 Å². The van der Waals surface area contributed by atoms with E-state index < -0.39 is 21.3 Å². The molecule has 0 fully saturated rings. The molecule has 2 aromatic carbocycles. The molecule has 2 aromatic rings. The first-order chi connectivity index (χ1) is 9.90. The highest BCUT2D eigenvalue weighted by Crippen LogP contribution is 2.36. The van der Waals surface area contributed by atoms with Crippen LogP contribution in [0.2, 0.25) is 0 Å². The van der Waals surface area contributed by atoms with Crippen LogP contribution in [0.5, 0.6) is 23.0 Å². The minimum atomic E-state index is -4.06. The molecule has 0 saturated carbocycles. The summed E-state index contributed by atoms with van der Waals surface area (Å²) in [4.78, 5) is -0.632. The largest absolute Gasteiger partial charge is 0.506 e. The number of phenols is 2. The minimum absolute atomic E-state index is 0.316. The average Bonchev–Trinajstić information content (AvgIpc) is 2.46. The topological polar surface area (TPSA) is 93.1 Å². The third-order valence-electron chi connectivity index (χ3n) is 2.91. The van der Waals surface area contributed by atoms with E-state index in [1.165, 1.54) is 50.6 Å². The first-order valence-corrected chi connectivity index (χ1v) is 7.37. The van der Waals surface area contributed by atoms with Crippen molar-refractivity contribution < 1.29 is 28.1 Å². The number of methoxy groups -OCH3 is 2. The van der Waals surface area contributed by atoms with Crippen LogP contribution in [0.15, 0.2) is 46.2 Å². The fraction of sp³-hybridized carbons (Fsp3) is 0.143. The van der Waals surface area contributed by atoms with E-state index in [2.05, 4.69) is 0 Å². The minimum Gasteiger partial charge on any atom is -0.506 e. The number of aromatic hydroxyl groups is 2. The Morgan fingerprint density at radius 3 is 1.48 bits per heavy atom. The van der Waals surface area contributed by atoms with Crippen LogP contribution in [-0.4, -0.2) is 32.9 Å². The van der Waals surface area contributed by atoms with Gasteiger partial charge in [0.05, 0.1) is 14.2 Å². The smallest absolute Gasteiger partial charge is 0.213 e. The Morgan fingerprint density at radius 1 is 0.810 bits per heavy atom. The monoisotopic (exact) mass is 310 g/mol. The maximum Gasteiger partial charge on any atom is 0.213 e. The molecule has 7 heteroatoms. The predicted molar refractivity (Wildman–Crippen MR) is 74.8 cm³/mol. The predicted octanol–water partition coefficient (Wildman–Crippen LogP) is 1.95. The molecule has 0 aromatic heterocycles. The van der Waals surface area contributed by atoms with Crippen molar-refractivity contribution in [2.45, 2.75) is 9.79 Å². The van der Waals surface area contributed by atoms with Crippen LogP contribution in [0, 0.1) is 0 Å². The zero-order valence-electron chi connectivity index (χ0n) is 11.4. The Labute approximate surface area is 122 Å². The summed E-state index contributed by atoms with van der Waals surface area (Å²) in [5.74, 6) is -0.259. The highest BCUT2D eigenvalue weighted by molar-refractivity contribution is 7.91. The zero-order chi connectivity index (χ0) is 15.6. The molecule has 0 aliphatic rings. The molecule has 0 spiro atoms. The lowest BCUT2D eigenvalue weighted by Gasteiger charge is -2.10. The lowest BCUT2D eigenvalue weighted by atomic mass is 10.3. The van der Waals surface area contributed by atoms with Crippen LogP contribution in [0.4, 0.5) is 0 Å². The maximum absolute atomic E-state index is 12.5. The third-order valence-corrected chi connectivity index (χ3v) is 4.76. The highest BCUT2D eigenvalue weighted by atomic mass is 32.2. The van der Waals surface area contributed by atoms with E-state index in [0.717, 1.165) is 0 Å². The molecule has 0 heterocycles. The molecule has 6 nitrogen and oxygen atoms in total. The number of rotatable bonds is 4. The van der Waals surface area contributed by atoms with Gasteiger partial charge in [-0.25, -0.2) is 8.42 Å². The fourth-order valence-electron chi connectivity index (χ4n) is 1.82. The van der Waals surface area contributed by atoms with Crippen molar-refractivity contribution in [2.24, 2.45) is 0 Å². The SMILES string of the molecule is COc1ccc(S(=O)(=O)c2ccc(OC)cc2O)c(O)c1. The zero-order valence-corrected chi connectivity index (χ0v) is 12.2. The number of hydrogen-bond acceptors (Lipinski definition) is 6. The number of sulfone groups is 1. The second-order valence-electron chi connectivity index (χ2n) is 4.17. The Hall–Kier alpha value is -2.41. The molecule has 21 heavy (non-hydrogen) atoms. The van der Waals surface area contributed by atoms with E-state index in [4.69, 9.17) is 9.47 Å². The van der Waals surface area contributed by atoms with Gasteiger partial charge in [-0.05, 0) is 24.3 Å². The number of benzene rings is 2. The first-order valence-electron chi connectivity index (χ1n) is 5.89. The van der Waals surface area contributed by atoms with Crippen molar-refractivity contribution in [3.05, 3.63) is 36.4 Å². The third kappa shape index (κ3) is 2.73. The van der Waals surface area contributed by atoms with E-state index >= 15 is 0 Å². The van der Waals surface area contributed by atoms with Crippen LogP contribution in [0.25, 0.3) is 0 Å². The van der Waals surface area contributed by atoms with Crippen molar-refractivity contribution >= 4 is 9.84 Å². The number of phenolic OH excluding ortho intramolecular Hbond substituents is 2. The van der Waals surface area contributed by atoms with Gasteiger partial charge in [-0.3, -0.25) is 0 Å². The van der Waals surface area contributed by atoms with Gasteiger partial charge in [-0.2, -0.15) is 0 Å². The van der Waals surface area contributed by atoms with Gasteiger partial charge in [0.25, 0.3) is 0 Å². The molecule has 0 radical (unpaired) electrons. The van der Waals surface area contributed by atoms with Crippen molar-refractivity contribution in [3.63, 3.8) is 0 Å². The van der Waals surface area contributed by atoms with Gasteiger partial charge in [0, 0.05) is 12.1 Å². The van der Waals surface area contributed by atoms with Gasteiger partial charge in [-0.15, -0.1) is 0 Å². The van der Waals surface area contributed by atoms with E-state index in [1.807, 2.05) is 0 Å². The summed E-state index contributed by atoms with van der Waals surface area (Å²) in [6.07, 6.45) is 0. The van der Waals surface area contributed by atoms with Gasteiger partial charge in [0.15, 0.2) is 0 Å². The fourth-order valence-corrected chi connectivity index (χ4v) is 3.22. The van der Waals surface area contributed by atoms with E-state index in [-0.39, 0.29) is 9.79 Å². The van der Waals surface area contributed by atoms with Gasteiger partial charge >= 0.3 is 0 Å². The second-order valence-corrected chi connectivity index (χ2v) is 6.06. The molecule has 0 bridgehead atoms. The molecule has 0 saturated heterocycles. The van der Waals surface area contributed by atoms with Crippen LogP contribution in [0.1, 0.15) is 0 Å². The highest BCUT2D eigenvalue weighted by Gasteiger charge is 2.25. The van der Waals surface area contributed by atoms with E-state index in [9.17, 15) is 18.6 Å². The first kappa shape index (κ1) is 15.0. The molecule has 0 aliphatic heterocycles. The van der Waals surface area contributed by atoms with Gasteiger partial charge in [0.2, 0.25) is 9.84 Å². The second kappa shape index (κ2) is 5.53. The molecule has 2 N–H and O–H groups in total. The quantitative estimate of drug-likeness (QED) is 0.896. The van der Waals surface area contributed by atoms with E-state index in [0.29, 0.717) is 11.5 Å². The summed E-state index contributed by atoms with van der Waals surface area (Å²) >= 11 is 0. The van der Waals surface area contributed by atoms with Crippen molar-refractivity contribution in [2.75, 3.05) is 14.2 Å². The summed E-state index contributed by atoms with van der Waals surface area (Å²) in [5.41, 5.74) is 0. The Kier molecular flexibility index (Phi) is 3.95. The molecule has 0 amide bonds.